The minimum absolute atomic E-state index is 0.00764. The maximum atomic E-state index is 12.1. The molecule has 6 nitrogen and oxygen atoms in total. The third-order valence-corrected chi connectivity index (χ3v) is 6.11. The van der Waals surface area contributed by atoms with Crippen molar-refractivity contribution < 1.29 is 28.9 Å². The number of aryl methyl sites for hydroxylation is 1. The van der Waals surface area contributed by atoms with Gasteiger partial charge in [-0.25, -0.2) is 0 Å². The number of carbonyl (C=O) groups is 2. The summed E-state index contributed by atoms with van der Waals surface area (Å²) >= 11 is 0. The molecule has 1 aliphatic rings. The summed E-state index contributed by atoms with van der Waals surface area (Å²) < 4.78 is 17.8. The Morgan fingerprint density at radius 3 is 2.32 bits per heavy atom. The van der Waals surface area contributed by atoms with Crippen LogP contribution in [0.2, 0.25) is 0 Å². The van der Waals surface area contributed by atoms with Gasteiger partial charge in [0.25, 0.3) is 0 Å². The fourth-order valence-electron chi connectivity index (χ4n) is 4.21. The highest BCUT2D eigenvalue weighted by Gasteiger charge is 2.21. The Labute approximate surface area is 202 Å². The Kier molecular flexibility index (Phi) is 8.97. The second kappa shape index (κ2) is 11.9. The fraction of sp³-hybridized carbons (Fsp3) is 0.500. The molecular weight excluding hydrogens is 432 g/mol. The molecule has 34 heavy (non-hydrogen) atoms. The van der Waals surface area contributed by atoms with E-state index in [0.717, 1.165) is 49.8 Å². The number of fused-ring (bicyclic) bond motifs is 1. The number of Topliss-reactive ketones (excluding diaryl/α,β-unsaturated/α-hetero) is 2. The van der Waals surface area contributed by atoms with E-state index < -0.39 is 0 Å². The van der Waals surface area contributed by atoms with Gasteiger partial charge in [-0.2, -0.15) is 0 Å². The molecule has 1 aliphatic heterocycles. The standard InChI is InChI=1S/C28H36O6/c1-5-9-23-25(13-12-22(19(3)29)28(23)31)32-14-7-6-8-15-33-27-17-26-21(11-10-18(2)34-26)16-24(27)20(4)30/h12-13,16-18,31H,5-11,14-15H2,1-4H3/t18-/m0/s1. The van der Waals surface area contributed by atoms with Gasteiger partial charge < -0.3 is 19.3 Å². The summed E-state index contributed by atoms with van der Waals surface area (Å²) in [7, 11) is 0. The first kappa shape index (κ1) is 25.6. The average molecular weight is 469 g/mol. The van der Waals surface area contributed by atoms with Crippen molar-refractivity contribution in [2.75, 3.05) is 13.2 Å². The second-order valence-electron chi connectivity index (χ2n) is 8.98. The molecule has 3 rings (SSSR count). The third kappa shape index (κ3) is 6.31. The van der Waals surface area contributed by atoms with E-state index in [9.17, 15) is 14.7 Å². The van der Waals surface area contributed by atoms with Gasteiger partial charge in [-0.3, -0.25) is 9.59 Å². The summed E-state index contributed by atoms with van der Waals surface area (Å²) in [4.78, 5) is 23.8. The Morgan fingerprint density at radius 1 is 1.00 bits per heavy atom. The minimum atomic E-state index is -0.158. The van der Waals surface area contributed by atoms with Crippen LogP contribution >= 0.6 is 0 Å². The number of benzene rings is 2. The Balaban J connectivity index is 1.49. The molecule has 1 heterocycles. The highest BCUT2D eigenvalue weighted by atomic mass is 16.5. The van der Waals surface area contributed by atoms with Gasteiger partial charge in [0.2, 0.25) is 0 Å². The number of hydrogen-bond donors (Lipinski definition) is 1. The zero-order valence-corrected chi connectivity index (χ0v) is 20.7. The van der Waals surface area contributed by atoms with Crippen molar-refractivity contribution >= 4 is 11.6 Å². The average Bonchev–Trinajstić information content (AvgIpc) is 2.79. The molecule has 184 valence electrons. The van der Waals surface area contributed by atoms with Crippen molar-refractivity contribution in [2.24, 2.45) is 0 Å². The van der Waals surface area contributed by atoms with Crippen LogP contribution in [-0.2, 0) is 12.8 Å². The maximum absolute atomic E-state index is 12.1. The number of carbonyl (C=O) groups excluding carboxylic acids is 2. The van der Waals surface area contributed by atoms with Crippen LogP contribution in [0.5, 0.6) is 23.0 Å². The van der Waals surface area contributed by atoms with Crippen LogP contribution in [-0.4, -0.2) is 36.0 Å². The molecule has 0 amide bonds. The molecule has 0 aliphatic carbocycles. The summed E-state index contributed by atoms with van der Waals surface area (Å²) in [5.74, 6) is 1.90. The van der Waals surface area contributed by atoms with E-state index in [1.807, 2.05) is 19.1 Å². The first-order valence-electron chi connectivity index (χ1n) is 12.3. The van der Waals surface area contributed by atoms with Gasteiger partial charge in [-0.05, 0) is 83.1 Å². The Hall–Kier alpha value is -3.02. The van der Waals surface area contributed by atoms with Crippen molar-refractivity contribution in [2.45, 2.75) is 78.7 Å². The largest absolute Gasteiger partial charge is 0.507 e. The first-order chi connectivity index (χ1) is 16.3. The van der Waals surface area contributed by atoms with E-state index in [-0.39, 0.29) is 23.4 Å². The number of ketones is 2. The van der Waals surface area contributed by atoms with Crippen molar-refractivity contribution in [3.63, 3.8) is 0 Å². The highest BCUT2D eigenvalue weighted by Crippen LogP contribution is 2.35. The summed E-state index contributed by atoms with van der Waals surface area (Å²) in [6.45, 7) is 8.10. The van der Waals surface area contributed by atoms with Crippen LogP contribution in [0.4, 0.5) is 0 Å². The third-order valence-electron chi connectivity index (χ3n) is 6.11. The van der Waals surface area contributed by atoms with Gasteiger partial charge in [-0.1, -0.05) is 13.3 Å². The summed E-state index contributed by atoms with van der Waals surface area (Å²) in [5, 5.41) is 10.5. The van der Waals surface area contributed by atoms with E-state index in [0.29, 0.717) is 47.8 Å². The van der Waals surface area contributed by atoms with Gasteiger partial charge in [0.15, 0.2) is 11.6 Å². The molecule has 2 aromatic carbocycles. The lowest BCUT2D eigenvalue weighted by atomic mass is 9.98. The predicted octanol–water partition coefficient (Wildman–Crippen LogP) is 6.09. The number of unbranched alkanes of at least 4 members (excludes halogenated alkanes) is 2. The number of aromatic hydroxyl groups is 1. The highest BCUT2D eigenvalue weighted by molar-refractivity contribution is 5.98. The van der Waals surface area contributed by atoms with Gasteiger partial charge in [0.05, 0.1) is 30.4 Å². The van der Waals surface area contributed by atoms with Crippen LogP contribution in [0.15, 0.2) is 24.3 Å². The summed E-state index contributed by atoms with van der Waals surface area (Å²) in [5.41, 5.74) is 2.70. The van der Waals surface area contributed by atoms with E-state index in [1.165, 1.54) is 6.92 Å². The number of rotatable bonds is 12. The smallest absolute Gasteiger partial charge is 0.163 e. The van der Waals surface area contributed by atoms with Gasteiger partial charge in [0.1, 0.15) is 23.0 Å². The van der Waals surface area contributed by atoms with E-state index >= 15 is 0 Å². The Morgan fingerprint density at radius 2 is 1.68 bits per heavy atom. The second-order valence-corrected chi connectivity index (χ2v) is 8.98. The Bertz CT molecular complexity index is 1030. The summed E-state index contributed by atoms with van der Waals surface area (Å²) in [6.07, 6.45) is 6.07. The lowest BCUT2D eigenvalue weighted by Crippen LogP contribution is -2.19. The fourth-order valence-corrected chi connectivity index (χ4v) is 4.21. The zero-order valence-electron chi connectivity index (χ0n) is 20.7. The quantitative estimate of drug-likeness (QED) is 0.300. The SMILES string of the molecule is CCCc1c(OCCCCCOc2cc3c(cc2C(C)=O)CC[C@H](C)O3)ccc(C(C)=O)c1O. The maximum Gasteiger partial charge on any atom is 0.163 e. The first-order valence-corrected chi connectivity index (χ1v) is 12.3. The topological polar surface area (TPSA) is 82.1 Å². The summed E-state index contributed by atoms with van der Waals surface area (Å²) in [6, 6.07) is 7.16. The van der Waals surface area contributed by atoms with E-state index in [2.05, 4.69) is 6.92 Å². The number of ether oxygens (including phenoxy) is 3. The molecule has 2 aromatic rings. The predicted molar refractivity (Wildman–Crippen MR) is 132 cm³/mol. The number of hydrogen-bond acceptors (Lipinski definition) is 6. The van der Waals surface area contributed by atoms with Crippen molar-refractivity contribution in [1.82, 2.24) is 0 Å². The van der Waals surface area contributed by atoms with Crippen LogP contribution in [0, 0.1) is 0 Å². The van der Waals surface area contributed by atoms with Crippen LogP contribution in [0.3, 0.4) is 0 Å². The molecule has 1 N–H and O–H groups in total. The zero-order chi connectivity index (χ0) is 24.7. The van der Waals surface area contributed by atoms with Crippen LogP contribution < -0.4 is 14.2 Å². The molecule has 0 saturated heterocycles. The molecule has 0 spiro atoms. The lowest BCUT2D eigenvalue weighted by molar-refractivity contribution is 0.100. The molecule has 0 fully saturated rings. The van der Waals surface area contributed by atoms with Crippen molar-refractivity contribution in [3.8, 4) is 23.0 Å². The molecule has 0 radical (unpaired) electrons. The molecule has 1 atom stereocenters. The van der Waals surface area contributed by atoms with Crippen molar-refractivity contribution in [3.05, 3.63) is 46.5 Å². The molecule has 0 unspecified atom stereocenters. The van der Waals surface area contributed by atoms with Crippen LogP contribution in [0.25, 0.3) is 0 Å². The number of phenolic OH excluding ortho intramolecular Hbond substituents is 1. The number of phenols is 1. The van der Waals surface area contributed by atoms with Gasteiger partial charge >= 0.3 is 0 Å². The molecule has 0 aromatic heterocycles. The molecule has 0 saturated carbocycles. The van der Waals surface area contributed by atoms with Gasteiger partial charge in [-0.15, -0.1) is 0 Å². The monoisotopic (exact) mass is 468 g/mol. The molecule has 6 heteroatoms. The van der Waals surface area contributed by atoms with Crippen LogP contribution in [0.1, 0.15) is 91.6 Å². The lowest BCUT2D eigenvalue weighted by Gasteiger charge is -2.24. The molecular formula is C28H36O6. The molecule has 0 bridgehead atoms. The van der Waals surface area contributed by atoms with Gasteiger partial charge in [0, 0.05) is 11.6 Å². The normalized spacial score (nSPS) is 14.8. The van der Waals surface area contributed by atoms with Crippen molar-refractivity contribution in [1.29, 1.82) is 0 Å². The van der Waals surface area contributed by atoms with E-state index in [4.69, 9.17) is 14.2 Å². The minimum Gasteiger partial charge on any atom is -0.507 e. The van der Waals surface area contributed by atoms with E-state index in [1.54, 1.807) is 19.1 Å².